The fraction of sp³-hybridized carbons (Fsp3) is 0.333. The van der Waals surface area contributed by atoms with Crippen LogP contribution in [0.1, 0.15) is 41.7 Å². The van der Waals surface area contributed by atoms with Gasteiger partial charge in [-0.25, -0.2) is 4.79 Å². The zero-order chi connectivity index (χ0) is 37.3. The van der Waals surface area contributed by atoms with Gasteiger partial charge in [0.25, 0.3) is 0 Å². The van der Waals surface area contributed by atoms with E-state index in [4.69, 9.17) is 30.7 Å². The number of hydrogen-bond donors (Lipinski definition) is 5. The fourth-order valence-electron chi connectivity index (χ4n) is 6.49. The summed E-state index contributed by atoms with van der Waals surface area (Å²) in [6.45, 7) is 4.06. The summed E-state index contributed by atoms with van der Waals surface area (Å²) in [5, 5.41) is 32.0. The Morgan fingerprint density at radius 1 is 0.750 bits per heavy atom. The van der Waals surface area contributed by atoms with Crippen LogP contribution in [0.3, 0.4) is 0 Å². The number of urea groups is 1. The van der Waals surface area contributed by atoms with E-state index < -0.39 is 31.9 Å². The lowest BCUT2D eigenvalue weighted by Crippen LogP contribution is -2.50. The summed E-state index contributed by atoms with van der Waals surface area (Å²) in [6, 6.07) is 29.2. The molecule has 0 radical (unpaired) electrons. The van der Waals surface area contributed by atoms with Crippen molar-refractivity contribution in [3.8, 4) is 5.75 Å². The maximum Gasteiger partial charge on any atom is 0.367 e. The number of rotatable bonds is 16. The van der Waals surface area contributed by atoms with Gasteiger partial charge < -0.3 is 45.3 Å². The van der Waals surface area contributed by atoms with Crippen molar-refractivity contribution < 1.29 is 33.4 Å². The molecule has 0 aromatic heterocycles. The second-order valence-corrected chi connectivity index (χ2v) is 14.7. The first-order valence-electron chi connectivity index (χ1n) is 17.4. The molecule has 0 bridgehead atoms. The van der Waals surface area contributed by atoms with Crippen molar-refractivity contribution in [3.05, 3.63) is 131 Å². The average molecular weight is 730 g/mol. The lowest BCUT2D eigenvalue weighted by Gasteiger charge is -2.36. The molecule has 12 nitrogen and oxygen atoms in total. The van der Waals surface area contributed by atoms with Crippen LogP contribution in [-0.4, -0.2) is 75.7 Å². The molecule has 0 spiro atoms. The lowest BCUT2D eigenvalue weighted by atomic mass is 9.91. The van der Waals surface area contributed by atoms with Gasteiger partial charge in [0.1, 0.15) is 23.8 Å². The molecular formula is C39H48N5O7P. The summed E-state index contributed by atoms with van der Waals surface area (Å²) in [6.07, 6.45) is -2.30. The minimum absolute atomic E-state index is 0.0573. The number of hydrogen-bond acceptors (Lipinski definition) is 9. The maximum atomic E-state index is 15.0. The van der Waals surface area contributed by atoms with Crippen molar-refractivity contribution in [2.45, 2.75) is 64.1 Å². The number of ether oxygens (including phenoxy) is 1. The summed E-state index contributed by atoms with van der Waals surface area (Å²) < 4.78 is 29.4. The van der Waals surface area contributed by atoms with E-state index >= 15 is 0 Å². The number of amidine groups is 1. The van der Waals surface area contributed by atoms with Crippen molar-refractivity contribution >= 4 is 25.1 Å². The Kier molecular flexibility index (Phi) is 13.1. The Morgan fingerprint density at radius 2 is 1.23 bits per heavy atom. The van der Waals surface area contributed by atoms with Crippen LogP contribution in [0.15, 0.2) is 103 Å². The Hall–Kier alpha value is -4.71. The predicted molar refractivity (Wildman–Crippen MR) is 201 cm³/mol. The second kappa shape index (κ2) is 17.7. The molecule has 13 heteroatoms. The van der Waals surface area contributed by atoms with Crippen LogP contribution in [-0.2, 0) is 39.5 Å². The number of carbonyl (C=O) groups is 1. The van der Waals surface area contributed by atoms with E-state index in [0.717, 1.165) is 16.7 Å². The topological polar surface area (TPSA) is 185 Å². The zero-order valence-electron chi connectivity index (χ0n) is 29.5. The molecule has 0 saturated carbocycles. The van der Waals surface area contributed by atoms with Crippen LogP contribution < -0.4 is 16.2 Å². The van der Waals surface area contributed by atoms with Crippen LogP contribution in [0.2, 0.25) is 0 Å². The van der Waals surface area contributed by atoms with E-state index in [-0.39, 0.29) is 50.9 Å². The summed E-state index contributed by atoms with van der Waals surface area (Å²) >= 11 is 0. The molecule has 4 aromatic rings. The van der Waals surface area contributed by atoms with E-state index in [9.17, 15) is 19.6 Å². The van der Waals surface area contributed by atoms with E-state index in [1.807, 2.05) is 60.7 Å². The Labute approximate surface area is 305 Å². The molecule has 0 aliphatic carbocycles. The highest BCUT2D eigenvalue weighted by molar-refractivity contribution is 7.53. The van der Waals surface area contributed by atoms with E-state index in [1.165, 1.54) is 0 Å². The number of anilines is 1. The molecule has 276 valence electrons. The minimum Gasteiger partial charge on any atom is -0.481 e. The molecule has 1 fully saturated rings. The predicted octanol–water partition coefficient (Wildman–Crippen LogP) is 5.54. The highest BCUT2D eigenvalue weighted by atomic mass is 31.2. The largest absolute Gasteiger partial charge is 0.481 e. The number of amides is 2. The van der Waals surface area contributed by atoms with Gasteiger partial charge in [-0.2, -0.15) is 0 Å². The fourth-order valence-corrected chi connectivity index (χ4v) is 7.81. The summed E-state index contributed by atoms with van der Waals surface area (Å²) in [5.41, 5.74) is 15.8. The van der Waals surface area contributed by atoms with Gasteiger partial charge in [0.05, 0.1) is 25.3 Å². The molecule has 4 atom stereocenters. The van der Waals surface area contributed by atoms with E-state index in [1.54, 1.807) is 66.1 Å². The monoisotopic (exact) mass is 729 g/mol. The zero-order valence-corrected chi connectivity index (χ0v) is 30.4. The third-order valence-corrected chi connectivity index (χ3v) is 10.8. The lowest BCUT2D eigenvalue weighted by molar-refractivity contribution is -0.0408. The van der Waals surface area contributed by atoms with Gasteiger partial charge in [-0.3, -0.25) is 9.97 Å². The van der Waals surface area contributed by atoms with Crippen LogP contribution in [0.5, 0.6) is 5.75 Å². The van der Waals surface area contributed by atoms with Crippen molar-refractivity contribution in [3.63, 3.8) is 0 Å². The quantitative estimate of drug-likeness (QED) is 0.0428. The summed E-state index contributed by atoms with van der Waals surface area (Å²) in [7, 11) is -3.43. The summed E-state index contributed by atoms with van der Waals surface area (Å²) in [4.78, 5) is 18.2. The molecule has 1 aliphatic rings. The van der Waals surface area contributed by atoms with E-state index in [2.05, 4.69) is 0 Å². The third-order valence-electron chi connectivity index (χ3n) is 9.08. The second-order valence-electron chi connectivity index (χ2n) is 12.7. The maximum absolute atomic E-state index is 15.0. The van der Waals surface area contributed by atoms with Crippen molar-refractivity contribution in [1.29, 1.82) is 5.41 Å². The third kappa shape index (κ3) is 9.58. The first-order valence-corrected chi connectivity index (χ1v) is 19.1. The molecular weight excluding hydrogens is 681 g/mol. The molecule has 1 heterocycles. The first-order chi connectivity index (χ1) is 25.0. The molecule has 1 unspecified atom stereocenters. The average Bonchev–Trinajstić information content (AvgIpc) is 3.20. The SMILES string of the molecule is CCOP(=O)(COc1ccc(CN2C(=O)N(Cc3ccc(N)c(C(=N)N)c3)[C@H](Cc3ccccc3)[C@H](O)[C@@H](O)C2Cc2ccccc2)cc1)OCC. The highest BCUT2D eigenvalue weighted by Crippen LogP contribution is 2.48. The molecule has 5 rings (SSSR count). The number of nitrogens with one attached hydrogen (secondary N) is 1. The molecule has 2 amide bonds. The van der Waals surface area contributed by atoms with Crippen molar-refractivity contribution in [2.24, 2.45) is 5.73 Å². The highest BCUT2D eigenvalue weighted by Gasteiger charge is 2.46. The van der Waals surface area contributed by atoms with Gasteiger partial charge >= 0.3 is 13.6 Å². The first kappa shape index (κ1) is 38.5. The Balaban J connectivity index is 1.51. The molecule has 1 saturated heterocycles. The van der Waals surface area contributed by atoms with Crippen LogP contribution >= 0.6 is 7.60 Å². The van der Waals surface area contributed by atoms with Gasteiger partial charge in [0, 0.05) is 24.3 Å². The van der Waals surface area contributed by atoms with E-state index in [0.29, 0.717) is 29.0 Å². The van der Waals surface area contributed by atoms with Gasteiger partial charge in [0.2, 0.25) is 0 Å². The standard InChI is InChI=1S/C39H48N5O7P/c1-3-50-52(48,51-4-2)26-49-31-18-15-29(16-19-31)24-43-34(22-27-11-7-5-8-12-27)36(45)37(46)35(23-28-13-9-6-10-14-28)44(39(43)47)25-30-17-20-33(40)32(21-30)38(41)42/h5-21,34-37,45-46H,3-4,22-26,40H2,1-2H3,(H3,41,42)/t34?,35-,36+,37+/m1/s1. The Morgan fingerprint density at radius 3 is 1.71 bits per heavy atom. The smallest absolute Gasteiger partial charge is 0.367 e. The van der Waals surface area contributed by atoms with Crippen LogP contribution in [0.25, 0.3) is 0 Å². The number of nitrogens with zero attached hydrogens (tertiary/aromatic N) is 2. The van der Waals surface area contributed by atoms with Crippen molar-refractivity contribution in [1.82, 2.24) is 9.80 Å². The number of aliphatic hydroxyl groups excluding tert-OH is 2. The molecule has 7 N–H and O–H groups in total. The van der Waals surface area contributed by atoms with Gasteiger partial charge in [-0.15, -0.1) is 0 Å². The molecule has 1 aliphatic heterocycles. The van der Waals surface area contributed by atoms with Crippen molar-refractivity contribution in [2.75, 3.05) is 25.3 Å². The van der Waals surface area contributed by atoms with Crippen LogP contribution in [0, 0.1) is 5.41 Å². The molecule has 4 aromatic carbocycles. The normalized spacial score (nSPS) is 19.3. The van der Waals surface area contributed by atoms with Gasteiger partial charge in [-0.05, 0) is 73.2 Å². The molecule has 52 heavy (non-hydrogen) atoms. The number of nitrogens with two attached hydrogens (primary N) is 2. The summed E-state index contributed by atoms with van der Waals surface area (Å²) in [5.74, 6) is 0.240. The number of nitrogen functional groups attached to an aromatic ring is 2. The number of aliphatic hydroxyl groups is 2. The number of carbonyl (C=O) groups excluding carboxylic acids is 1. The Bertz CT molecular complexity index is 1820. The van der Waals surface area contributed by atoms with Gasteiger partial charge in [-0.1, -0.05) is 78.9 Å². The van der Waals surface area contributed by atoms with Gasteiger partial charge in [0.15, 0.2) is 6.35 Å². The minimum atomic E-state index is -3.43. The number of benzene rings is 4. The van der Waals surface area contributed by atoms with Crippen LogP contribution in [0.4, 0.5) is 10.5 Å².